The van der Waals surface area contributed by atoms with Crippen LogP contribution in [0.5, 0.6) is 5.88 Å². The highest BCUT2D eigenvalue weighted by Gasteiger charge is 2.16. The van der Waals surface area contributed by atoms with E-state index >= 15 is 0 Å². The van der Waals surface area contributed by atoms with Gasteiger partial charge in [-0.2, -0.15) is 0 Å². The van der Waals surface area contributed by atoms with Crippen molar-refractivity contribution in [3.63, 3.8) is 0 Å². The zero-order valence-electron chi connectivity index (χ0n) is 11.2. The first kappa shape index (κ1) is 14.9. The highest BCUT2D eigenvalue weighted by atomic mass is 79.9. The molecule has 1 aromatic heterocycles. The zero-order valence-corrected chi connectivity index (χ0v) is 12.8. The highest BCUT2D eigenvalue weighted by Crippen LogP contribution is 2.24. The van der Waals surface area contributed by atoms with E-state index in [4.69, 9.17) is 4.74 Å². The van der Waals surface area contributed by atoms with Gasteiger partial charge in [-0.3, -0.25) is 0 Å². The Morgan fingerprint density at radius 1 is 1.35 bits per heavy atom. The fourth-order valence-electron chi connectivity index (χ4n) is 1.96. The van der Waals surface area contributed by atoms with Gasteiger partial charge in [-0.05, 0) is 25.2 Å². The van der Waals surface area contributed by atoms with Crippen LogP contribution < -0.4 is 10.1 Å². The minimum atomic E-state index is -0.242. The van der Waals surface area contributed by atoms with Crippen molar-refractivity contribution in [1.29, 1.82) is 0 Å². The largest absolute Gasteiger partial charge is 0.481 e. The van der Waals surface area contributed by atoms with Crippen molar-refractivity contribution in [3.05, 3.63) is 52.1 Å². The van der Waals surface area contributed by atoms with Crippen molar-refractivity contribution in [2.24, 2.45) is 0 Å². The lowest BCUT2D eigenvalue weighted by molar-refractivity contribution is 0.395. The van der Waals surface area contributed by atoms with E-state index in [2.05, 4.69) is 31.2 Å². The molecule has 0 bridgehead atoms. The van der Waals surface area contributed by atoms with E-state index in [1.165, 1.54) is 12.4 Å². The van der Waals surface area contributed by atoms with Gasteiger partial charge in [0.1, 0.15) is 12.1 Å². The third-order valence-electron chi connectivity index (χ3n) is 3.00. The Balaban J connectivity index is 2.26. The molecular weight excluding hydrogens is 325 g/mol. The monoisotopic (exact) mass is 339 g/mol. The molecule has 2 rings (SSSR count). The predicted octanol–water partition coefficient (Wildman–Crippen LogP) is 2.89. The average Bonchev–Trinajstić information content (AvgIpc) is 2.47. The molecule has 0 aliphatic carbocycles. The number of nitrogens with one attached hydrogen (secondary N) is 1. The second kappa shape index (κ2) is 6.76. The van der Waals surface area contributed by atoms with Crippen LogP contribution >= 0.6 is 15.9 Å². The van der Waals surface area contributed by atoms with Crippen LogP contribution in [0.1, 0.15) is 17.3 Å². The van der Waals surface area contributed by atoms with Crippen LogP contribution in [0.25, 0.3) is 0 Å². The van der Waals surface area contributed by atoms with Crippen LogP contribution in [0, 0.1) is 5.82 Å². The van der Waals surface area contributed by atoms with E-state index in [1.54, 1.807) is 32.4 Å². The summed E-state index contributed by atoms with van der Waals surface area (Å²) in [6.07, 6.45) is 1.99. The summed E-state index contributed by atoms with van der Waals surface area (Å²) in [5.41, 5.74) is 1.38. The van der Waals surface area contributed by atoms with Crippen molar-refractivity contribution in [2.75, 3.05) is 14.2 Å². The summed E-state index contributed by atoms with van der Waals surface area (Å²) in [5.74, 6) is 0.258. The number of aromatic nitrogens is 2. The summed E-state index contributed by atoms with van der Waals surface area (Å²) < 4.78 is 19.8. The first-order valence-corrected chi connectivity index (χ1v) is 6.90. The molecule has 1 N–H and O–H groups in total. The molecule has 0 saturated carbocycles. The first-order chi connectivity index (χ1) is 9.63. The molecule has 0 amide bonds. The summed E-state index contributed by atoms with van der Waals surface area (Å²) in [6, 6.07) is 6.48. The number of benzene rings is 1. The van der Waals surface area contributed by atoms with Crippen LogP contribution in [-0.4, -0.2) is 24.1 Å². The number of likely N-dealkylation sites (N-methyl/N-ethyl adjacent to an activating group) is 1. The average molecular weight is 340 g/mol. The van der Waals surface area contributed by atoms with Crippen molar-refractivity contribution >= 4 is 15.9 Å². The van der Waals surface area contributed by atoms with E-state index < -0.39 is 0 Å². The molecule has 0 spiro atoms. The Labute approximate surface area is 125 Å². The third-order valence-corrected chi connectivity index (χ3v) is 3.50. The van der Waals surface area contributed by atoms with E-state index in [0.717, 1.165) is 10.2 Å². The third kappa shape index (κ3) is 3.52. The molecule has 0 aliphatic heterocycles. The second-order valence-electron chi connectivity index (χ2n) is 4.26. The zero-order chi connectivity index (χ0) is 14.5. The molecule has 20 heavy (non-hydrogen) atoms. The minimum absolute atomic E-state index is 0.174. The number of hydrogen-bond donors (Lipinski definition) is 1. The van der Waals surface area contributed by atoms with Crippen LogP contribution in [0.3, 0.4) is 0 Å². The summed E-state index contributed by atoms with van der Waals surface area (Å²) in [4.78, 5) is 8.15. The van der Waals surface area contributed by atoms with Crippen molar-refractivity contribution in [2.45, 2.75) is 12.5 Å². The van der Waals surface area contributed by atoms with Gasteiger partial charge < -0.3 is 10.1 Å². The molecule has 1 atom stereocenters. The normalized spacial score (nSPS) is 12.2. The number of halogens is 2. The Morgan fingerprint density at radius 2 is 2.15 bits per heavy atom. The number of methoxy groups -OCH3 is 1. The summed E-state index contributed by atoms with van der Waals surface area (Å²) in [6.45, 7) is 0. The molecule has 1 heterocycles. The topological polar surface area (TPSA) is 47.0 Å². The van der Waals surface area contributed by atoms with Crippen LogP contribution in [0.4, 0.5) is 4.39 Å². The van der Waals surface area contributed by atoms with E-state index in [0.29, 0.717) is 17.9 Å². The summed E-state index contributed by atoms with van der Waals surface area (Å²) in [7, 11) is 3.35. The SMILES string of the molecule is CNC(Cc1cc(OC)ncn1)c1cc(Br)ccc1F. The van der Waals surface area contributed by atoms with Gasteiger partial charge in [-0.25, -0.2) is 14.4 Å². The van der Waals surface area contributed by atoms with Gasteiger partial charge in [0.2, 0.25) is 5.88 Å². The molecular formula is C14H15BrFN3O. The van der Waals surface area contributed by atoms with Crippen LogP contribution in [-0.2, 0) is 6.42 Å². The molecule has 2 aromatic rings. The van der Waals surface area contributed by atoms with Gasteiger partial charge in [0.15, 0.2) is 0 Å². The lowest BCUT2D eigenvalue weighted by Gasteiger charge is -2.17. The predicted molar refractivity (Wildman–Crippen MR) is 78.2 cm³/mol. The Hall–Kier alpha value is -1.53. The Kier molecular flexibility index (Phi) is 5.03. The molecule has 6 heteroatoms. The van der Waals surface area contributed by atoms with Gasteiger partial charge in [0.05, 0.1) is 7.11 Å². The van der Waals surface area contributed by atoms with E-state index in [1.807, 2.05) is 0 Å². The molecule has 1 unspecified atom stereocenters. The number of ether oxygens (including phenoxy) is 1. The maximum atomic E-state index is 13.9. The van der Waals surface area contributed by atoms with E-state index in [9.17, 15) is 4.39 Å². The van der Waals surface area contributed by atoms with Gasteiger partial charge in [0.25, 0.3) is 0 Å². The van der Waals surface area contributed by atoms with Crippen molar-refractivity contribution < 1.29 is 9.13 Å². The highest BCUT2D eigenvalue weighted by molar-refractivity contribution is 9.10. The molecule has 0 radical (unpaired) electrons. The van der Waals surface area contributed by atoms with Crippen molar-refractivity contribution in [1.82, 2.24) is 15.3 Å². The van der Waals surface area contributed by atoms with Crippen LogP contribution in [0.15, 0.2) is 35.1 Å². The Morgan fingerprint density at radius 3 is 2.85 bits per heavy atom. The fraction of sp³-hybridized carbons (Fsp3) is 0.286. The van der Waals surface area contributed by atoms with Gasteiger partial charge in [0, 0.05) is 34.3 Å². The quantitative estimate of drug-likeness (QED) is 0.909. The standard InChI is InChI=1S/C14H15BrFN3O/c1-17-13(11-5-9(15)3-4-12(11)16)6-10-7-14(20-2)19-8-18-10/h3-5,7-8,13,17H,6H2,1-2H3. The second-order valence-corrected chi connectivity index (χ2v) is 5.18. The van der Waals surface area contributed by atoms with Gasteiger partial charge in [-0.15, -0.1) is 0 Å². The van der Waals surface area contributed by atoms with E-state index in [-0.39, 0.29) is 11.9 Å². The summed E-state index contributed by atoms with van der Waals surface area (Å²) in [5, 5.41) is 3.11. The lowest BCUT2D eigenvalue weighted by atomic mass is 10.0. The molecule has 4 nitrogen and oxygen atoms in total. The molecule has 0 fully saturated rings. The summed E-state index contributed by atoms with van der Waals surface area (Å²) >= 11 is 3.36. The lowest BCUT2D eigenvalue weighted by Crippen LogP contribution is -2.20. The molecule has 0 saturated heterocycles. The Bertz CT molecular complexity index is 594. The fourth-order valence-corrected chi connectivity index (χ4v) is 2.34. The first-order valence-electron chi connectivity index (χ1n) is 6.11. The number of nitrogens with zero attached hydrogens (tertiary/aromatic N) is 2. The molecule has 106 valence electrons. The maximum absolute atomic E-state index is 13.9. The number of rotatable bonds is 5. The van der Waals surface area contributed by atoms with Gasteiger partial charge >= 0.3 is 0 Å². The van der Waals surface area contributed by atoms with Gasteiger partial charge in [-0.1, -0.05) is 15.9 Å². The maximum Gasteiger partial charge on any atom is 0.216 e. The van der Waals surface area contributed by atoms with Crippen molar-refractivity contribution in [3.8, 4) is 5.88 Å². The minimum Gasteiger partial charge on any atom is -0.481 e. The molecule has 1 aromatic carbocycles. The number of hydrogen-bond acceptors (Lipinski definition) is 4. The molecule has 0 aliphatic rings. The smallest absolute Gasteiger partial charge is 0.216 e. The van der Waals surface area contributed by atoms with Crippen LogP contribution in [0.2, 0.25) is 0 Å².